The molecule has 0 bridgehead atoms. The first-order valence-electron chi connectivity index (χ1n) is 5.78. The van der Waals surface area contributed by atoms with E-state index in [4.69, 9.17) is 14.6 Å². The second-order valence-corrected chi connectivity index (χ2v) is 4.15. The number of nitrogens with two attached hydrogens (primary N) is 1. The Kier molecular flexibility index (Phi) is 4.01. The van der Waals surface area contributed by atoms with E-state index in [0.29, 0.717) is 6.54 Å². The molecule has 0 fully saturated rings. The largest absolute Gasteiger partial charge is 0.468 e. The van der Waals surface area contributed by atoms with Gasteiger partial charge in [0.25, 0.3) is 0 Å². The van der Waals surface area contributed by atoms with Crippen molar-refractivity contribution < 1.29 is 8.83 Å². The molecule has 2 N–H and O–H groups in total. The van der Waals surface area contributed by atoms with Crippen LogP contribution in [0.15, 0.2) is 45.6 Å². The lowest BCUT2D eigenvalue weighted by molar-refractivity contribution is 0.167. The average Bonchev–Trinajstić information content (AvgIpc) is 3.00. The summed E-state index contributed by atoms with van der Waals surface area (Å²) in [4.78, 5) is 2.23. The Bertz CT molecular complexity index is 372. The predicted octanol–water partition coefficient (Wildman–Crippen LogP) is 2.22. The Morgan fingerprint density at radius 2 is 1.65 bits per heavy atom. The predicted molar refractivity (Wildman–Crippen MR) is 65.2 cm³/mol. The standard InChI is InChI=1S/C13H18N2O2/c1-11(8-14)15(9-12-4-2-6-16-12)10-13-5-3-7-17-13/h2-7,11H,8-10,14H2,1H3. The average molecular weight is 234 g/mol. The highest BCUT2D eigenvalue weighted by atomic mass is 16.3. The third-order valence-electron chi connectivity index (χ3n) is 2.84. The lowest BCUT2D eigenvalue weighted by Crippen LogP contribution is -2.37. The Morgan fingerprint density at radius 3 is 2.00 bits per heavy atom. The highest BCUT2D eigenvalue weighted by molar-refractivity contribution is 5.01. The van der Waals surface area contributed by atoms with E-state index in [-0.39, 0.29) is 6.04 Å². The molecule has 2 aromatic heterocycles. The van der Waals surface area contributed by atoms with Crippen molar-refractivity contribution in [2.45, 2.75) is 26.1 Å². The van der Waals surface area contributed by atoms with Crippen molar-refractivity contribution in [3.8, 4) is 0 Å². The van der Waals surface area contributed by atoms with Crippen LogP contribution < -0.4 is 5.73 Å². The van der Waals surface area contributed by atoms with Gasteiger partial charge >= 0.3 is 0 Å². The summed E-state index contributed by atoms with van der Waals surface area (Å²) in [5, 5.41) is 0. The number of furan rings is 2. The summed E-state index contributed by atoms with van der Waals surface area (Å²) in [5.74, 6) is 1.88. The third-order valence-corrected chi connectivity index (χ3v) is 2.84. The summed E-state index contributed by atoms with van der Waals surface area (Å²) in [7, 11) is 0. The summed E-state index contributed by atoms with van der Waals surface area (Å²) in [6.45, 7) is 4.20. The van der Waals surface area contributed by atoms with Crippen LogP contribution in [0.4, 0.5) is 0 Å². The molecular weight excluding hydrogens is 216 g/mol. The van der Waals surface area contributed by atoms with Gasteiger partial charge in [-0.15, -0.1) is 0 Å². The van der Waals surface area contributed by atoms with Crippen molar-refractivity contribution in [2.75, 3.05) is 6.54 Å². The fraction of sp³-hybridized carbons (Fsp3) is 0.385. The van der Waals surface area contributed by atoms with Crippen LogP contribution >= 0.6 is 0 Å². The topological polar surface area (TPSA) is 55.5 Å². The van der Waals surface area contributed by atoms with E-state index in [0.717, 1.165) is 24.6 Å². The van der Waals surface area contributed by atoms with Gasteiger partial charge in [-0.3, -0.25) is 4.90 Å². The maximum absolute atomic E-state index is 5.73. The van der Waals surface area contributed by atoms with Gasteiger partial charge in [0.1, 0.15) is 11.5 Å². The minimum atomic E-state index is 0.283. The molecule has 0 aliphatic carbocycles. The molecular formula is C13H18N2O2. The van der Waals surface area contributed by atoms with Gasteiger partial charge in [-0.25, -0.2) is 0 Å². The number of hydrogen-bond acceptors (Lipinski definition) is 4. The molecule has 0 aliphatic rings. The first-order valence-corrected chi connectivity index (χ1v) is 5.78. The van der Waals surface area contributed by atoms with E-state index in [9.17, 15) is 0 Å². The molecule has 0 spiro atoms. The number of rotatable bonds is 6. The molecule has 2 heterocycles. The molecule has 17 heavy (non-hydrogen) atoms. The van der Waals surface area contributed by atoms with E-state index in [1.807, 2.05) is 24.3 Å². The Labute approximate surface area is 101 Å². The number of nitrogens with zero attached hydrogens (tertiary/aromatic N) is 1. The van der Waals surface area contributed by atoms with E-state index in [1.54, 1.807) is 12.5 Å². The Morgan fingerprint density at radius 1 is 1.12 bits per heavy atom. The first kappa shape index (κ1) is 12.0. The van der Waals surface area contributed by atoms with Gasteiger partial charge in [-0.2, -0.15) is 0 Å². The molecule has 0 saturated carbocycles. The normalized spacial score (nSPS) is 13.1. The summed E-state index contributed by atoms with van der Waals surface area (Å²) < 4.78 is 10.7. The molecule has 0 saturated heterocycles. The van der Waals surface area contributed by atoms with Crippen LogP contribution in [0.5, 0.6) is 0 Å². The van der Waals surface area contributed by atoms with Crippen LogP contribution in [-0.4, -0.2) is 17.5 Å². The van der Waals surface area contributed by atoms with E-state index in [1.165, 1.54) is 0 Å². The summed E-state index contributed by atoms with van der Waals surface area (Å²) in [6, 6.07) is 8.02. The van der Waals surface area contributed by atoms with Crippen LogP contribution in [0.3, 0.4) is 0 Å². The third kappa shape index (κ3) is 3.22. The molecule has 0 aromatic carbocycles. The van der Waals surface area contributed by atoms with Crippen molar-refractivity contribution >= 4 is 0 Å². The van der Waals surface area contributed by atoms with Crippen LogP contribution in [-0.2, 0) is 13.1 Å². The summed E-state index contributed by atoms with van der Waals surface area (Å²) in [5.41, 5.74) is 5.73. The van der Waals surface area contributed by atoms with Crippen LogP contribution in [0.1, 0.15) is 18.4 Å². The van der Waals surface area contributed by atoms with Crippen LogP contribution in [0, 0.1) is 0 Å². The maximum Gasteiger partial charge on any atom is 0.117 e. The van der Waals surface area contributed by atoms with Crippen LogP contribution in [0.2, 0.25) is 0 Å². The van der Waals surface area contributed by atoms with E-state index < -0.39 is 0 Å². The number of hydrogen-bond donors (Lipinski definition) is 1. The minimum absolute atomic E-state index is 0.283. The molecule has 2 aromatic rings. The molecule has 4 nitrogen and oxygen atoms in total. The second kappa shape index (κ2) is 5.70. The fourth-order valence-electron chi connectivity index (χ4n) is 1.72. The van der Waals surface area contributed by atoms with Crippen molar-refractivity contribution in [2.24, 2.45) is 5.73 Å². The lowest BCUT2D eigenvalue weighted by Gasteiger charge is -2.26. The van der Waals surface area contributed by atoms with Crippen LogP contribution in [0.25, 0.3) is 0 Å². The van der Waals surface area contributed by atoms with Crippen molar-refractivity contribution in [1.29, 1.82) is 0 Å². The molecule has 1 unspecified atom stereocenters. The SMILES string of the molecule is CC(CN)N(Cc1ccco1)Cc1ccco1. The Hall–Kier alpha value is -1.52. The van der Waals surface area contributed by atoms with Gasteiger partial charge in [0.05, 0.1) is 25.6 Å². The van der Waals surface area contributed by atoms with Gasteiger partial charge in [-0.1, -0.05) is 0 Å². The van der Waals surface area contributed by atoms with E-state index in [2.05, 4.69) is 11.8 Å². The monoisotopic (exact) mass is 234 g/mol. The molecule has 0 radical (unpaired) electrons. The quantitative estimate of drug-likeness (QED) is 0.832. The minimum Gasteiger partial charge on any atom is -0.468 e. The van der Waals surface area contributed by atoms with Gasteiger partial charge in [0.15, 0.2) is 0 Å². The van der Waals surface area contributed by atoms with Gasteiger partial charge < -0.3 is 14.6 Å². The Balaban J connectivity index is 2.03. The van der Waals surface area contributed by atoms with E-state index >= 15 is 0 Å². The second-order valence-electron chi connectivity index (χ2n) is 4.15. The zero-order valence-electron chi connectivity index (χ0n) is 10.0. The van der Waals surface area contributed by atoms with Gasteiger partial charge in [-0.05, 0) is 31.2 Å². The maximum atomic E-state index is 5.73. The molecule has 2 rings (SSSR count). The smallest absolute Gasteiger partial charge is 0.117 e. The summed E-state index contributed by atoms with van der Waals surface area (Å²) in [6.07, 6.45) is 3.38. The van der Waals surface area contributed by atoms with Gasteiger partial charge in [0.2, 0.25) is 0 Å². The zero-order chi connectivity index (χ0) is 12.1. The molecule has 0 aliphatic heterocycles. The highest BCUT2D eigenvalue weighted by Crippen LogP contribution is 2.13. The molecule has 0 amide bonds. The lowest BCUT2D eigenvalue weighted by atomic mass is 10.2. The zero-order valence-corrected chi connectivity index (χ0v) is 10.0. The van der Waals surface area contributed by atoms with Crippen molar-refractivity contribution in [3.05, 3.63) is 48.3 Å². The molecule has 92 valence electrons. The van der Waals surface area contributed by atoms with Crippen molar-refractivity contribution in [3.63, 3.8) is 0 Å². The van der Waals surface area contributed by atoms with Crippen molar-refractivity contribution in [1.82, 2.24) is 4.90 Å². The first-order chi connectivity index (χ1) is 8.29. The summed E-state index contributed by atoms with van der Waals surface area (Å²) >= 11 is 0. The molecule has 1 atom stereocenters. The fourth-order valence-corrected chi connectivity index (χ4v) is 1.72. The molecule has 4 heteroatoms. The van der Waals surface area contributed by atoms with Gasteiger partial charge in [0, 0.05) is 12.6 Å². The highest BCUT2D eigenvalue weighted by Gasteiger charge is 2.15.